The molecule has 0 bridgehead atoms. The number of alkyl halides is 2. The first-order valence-corrected chi connectivity index (χ1v) is 10.9. The third-order valence-corrected chi connectivity index (χ3v) is 6.68. The van der Waals surface area contributed by atoms with E-state index in [0.717, 1.165) is 0 Å². The topological polar surface area (TPSA) is 79.0 Å². The molecule has 1 aliphatic rings. The number of nitrogens with one attached hydrogen (secondary N) is 1. The number of carbonyl (C=O) groups excluding carboxylic acids is 1. The highest BCUT2D eigenvalue weighted by Gasteiger charge is 2.29. The van der Waals surface area contributed by atoms with Crippen LogP contribution in [0.4, 0.5) is 14.5 Å². The number of hydrogen-bond acceptors (Lipinski definition) is 5. The Balaban J connectivity index is 1.49. The molecular formula is C19H20ClF2N3O4S. The van der Waals surface area contributed by atoms with Gasteiger partial charge in [0.25, 0.3) is 0 Å². The van der Waals surface area contributed by atoms with E-state index in [0.29, 0.717) is 23.8 Å². The van der Waals surface area contributed by atoms with E-state index in [1.807, 2.05) is 4.90 Å². The molecule has 7 nitrogen and oxygen atoms in total. The lowest BCUT2D eigenvalue weighted by Gasteiger charge is -2.33. The van der Waals surface area contributed by atoms with Gasteiger partial charge in [-0.05, 0) is 48.5 Å². The van der Waals surface area contributed by atoms with Crippen molar-refractivity contribution in [1.82, 2.24) is 9.21 Å². The van der Waals surface area contributed by atoms with E-state index >= 15 is 0 Å². The van der Waals surface area contributed by atoms with Gasteiger partial charge in [0.1, 0.15) is 5.75 Å². The number of sulfonamides is 1. The average Bonchev–Trinajstić information content (AvgIpc) is 2.70. The van der Waals surface area contributed by atoms with Crippen molar-refractivity contribution in [3.05, 3.63) is 53.6 Å². The second-order valence-electron chi connectivity index (χ2n) is 6.59. The Morgan fingerprint density at radius 3 is 2.20 bits per heavy atom. The third kappa shape index (κ3) is 5.88. The van der Waals surface area contributed by atoms with E-state index in [4.69, 9.17) is 11.6 Å². The number of nitrogens with zero attached hydrogens (tertiary/aromatic N) is 2. The smallest absolute Gasteiger partial charge is 0.387 e. The number of carbonyl (C=O) groups is 1. The summed E-state index contributed by atoms with van der Waals surface area (Å²) in [6, 6.07) is 11.6. The molecule has 2 aromatic carbocycles. The van der Waals surface area contributed by atoms with Gasteiger partial charge in [0.2, 0.25) is 15.9 Å². The minimum absolute atomic E-state index is 0.000942. The summed E-state index contributed by atoms with van der Waals surface area (Å²) in [7, 11) is -3.61. The molecule has 0 saturated carbocycles. The third-order valence-electron chi connectivity index (χ3n) is 4.51. The fraction of sp³-hybridized carbons (Fsp3) is 0.316. The molecule has 1 N–H and O–H groups in total. The molecule has 3 rings (SSSR count). The predicted molar refractivity (Wildman–Crippen MR) is 108 cm³/mol. The number of hydrogen-bond donors (Lipinski definition) is 1. The van der Waals surface area contributed by atoms with Crippen molar-refractivity contribution in [2.24, 2.45) is 0 Å². The van der Waals surface area contributed by atoms with Gasteiger partial charge in [-0.3, -0.25) is 9.69 Å². The van der Waals surface area contributed by atoms with Crippen LogP contribution in [0.15, 0.2) is 53.4 Å². The van der Waals surface area contributed by atoms with Crippen LogP contribution in [0, 0.1) is 0 Å². The lowest BCUT2D eigenvalue weighted by atomic mass is 10.3. The monoisotopic (exact) mass is 459 g/mol. The lowest BCUT2D eigenvalue weighted by molar-refractivity contribution is -0.117. The average molecular weight is 460 g/mol. The molecule has 1 aliphatic heterocycles. The molecule has 0 unspecified atom stereocenters. The number of anilines is 1. The number of amides is 1. The Kier molecular flexibility index (Phi) is 7.24. The zero-order valence-corrected chi connectivity index (χ0v) is 17.4. The molecule has 11 heteroatoms. The Bertz CT molecular complexity index is 964. The SMILES string of the molecule is O=C(CN1CCN(S(=O)(=O)c2ccc(Cl)cc2)CC1)Nc1ccc(OC(F)F)cc1. The molecular weight excluding hydrogens is 440 g/mol. The maximum Gasteiger partial charge on any atom is 0.387 e. The summed E-state index contributed by atoms with van der Waals surface area (Å²) in [5.41, 5.74) is 0.450. The molecule has 1 saturated heterocycles. The normalized spacial score (nSPS) is 15.9. The minimum Gasteiger partial charge on any atom is -0.435 e. The van der Waals surface area contributed by atoms with Crippen LogP contribution in [-0.4, -0.2) is 62.9 Å². The van der Waals surface area contributed by atoms with Gasteiger partial charge >= 0.3 is 6.61 Å². The second-order valence-corrected chi connectivity index (χ2v) is 8.96. The van der Waals surface area contributed by atoms with Crippen molar-refractivity contribution >= 4 is 33.2 Å². The van der Waals surface area contributed by atoms with E-state index in [1.54, 1.807) is 0 Å². The molecule has 2 aromatic rings. The summed E-state index contributed by atoms with van der Waals surface area (Å²) in [6.45, 7) is -1.49. The van der Waals surface area contributed by atoms with Crippen LogP contribution in [0.3, 0.4) is 0 Å². The van der Waals surface area contributed by atoms with Gasteiger partial charge in [0.15, 0.2) is 0 Å². The van der Waals surface area contributed by atoms with E-state index < -0.39 is 16.6 Å². The Morgan fingerprint density at radius 1 is 1.03 bits per heavy atom. The summed E-state index contributed by atoms with van der Waals surface area (Å²) in [5.74, 6) is -0.285. The zero-order chi connectivity index (χ0) is 21.7. The number of ether oxygens (including phenoxy) is 1. The van der Waals surface area contributed by atoms with Crippen molar-refractivity contribution < 1.29 is 26.7 Å². The van der Waals surface area contributed by atoms with Crippen LogP contribution in [-0.2, 0) is 14.8 Å². The number of halogens is 3. The van der Waals surface area contributed by atoms with Crippen LogP contribution in [0.1, 0.15) is 0 Å². The Morgan fingerprint density at radius 2 is 1.63 bits per heavy atom. The van der Waals surface area contributed by atoms with E-state index in [-0.39, 0.29) is 36.2 Å². The first-order chi connectivity index (χ1) is 14.2. The molecule has 162 valence electrons. The van der Waals surface area contributed by atoms with Crippen LogP contribution < -0.4 is 10.1 Å². The molecule has 0 atom stereocenters. The summed E-state index contributed by atoms with van der Waals surface area (Å²) < 4.78 is 55.3. The standard InChI is InChI=1S/C19H20ClF2N3O4S/c20-14-1-7-17(8-2-14)30(27,28)25-11-9-24(10-12-25)13-18(26)23-15-3-5-16(6-4-15)29-19(21)22/h1-8,19H,9-13H2,(H,23,26). The fourth-order valence-corrected chi connectivity index (χ4v) is 4.56. The Hall–Kier alpha value is -2.27. The molecule has 0 aromatic heterocycles. The highest BCUT2D eigenvalue weighted by Crippen LogP contribution is 2.20. The van der Waals surface area contributed by atoms with Crippen molar-refractivity contribution in [1.29, 1.82) is 0 Å². The maximum absolute atomic E-state index is 12.7. The highest BCUT2D eigenvalue weighted by molar-refractivity contribution is 7.89. The molecule has 1 amide bonds. The van der Waals surface area contributed by atoms with Crippen molar-refractivity contribution in [2.75, 3.05) is 38.0 Å². The summed E-state index contributed by atoms with van der Waals surface area (Å²) in [5, 5.41) is 3.13. The molecule has 1 fully saturated rings. The van der Waals surface area contributed by atoms with Gasteiger partial charge in [-0.25, -0.2) is 8.42 Å². The summed E-state index contributed by atoms with van der Waals surface area (Å²) >= 11 is 5.81. The van der Waals surface area contributed by atoms with Crippen LogP contribution >= 0.6 is 11.6 Å². The quantitative estimate of drug-likeness (QED) is 0.688. The van der Waals surface area contributed by atoms with Gasteiger partial charge in [0, 0.05) is 36.9 Å². The Labute approximate surface area is 178 Å². The van der Waals surface area contributed by atoms with E-state index in [9.17, 15) is 22.0 Å². The molecule has 0 aliphatic carbocycles. The van der Waals surface area contributed by atoms with Gasteiger partial charge in [-0.2, -0.15) is 13.1 Å². The van der Waals surface area contributed by atoms with E-state index in [2.05, 4.69) is 10.1 Å². The van der Waals surface area contributed by atoms with Crippen molar-refractivity contribution in [3.8, 4) is 5.75 Å². The van der Waals surface area contributed by atoms with Crippen LogP contribution in [0.25, 0.3) is 0 Å². The van der Waals surface area contributed by atoms with Crippen molar-refractivity contribution in [2.45, 2.75) is 11.5 Å². The van der Waals surface area contributed by atoms with Crippen LogP contribution in [0.5, 0.6) is 5.75 Å². The largest absolute Gasteiger partial charge is 0.435 e. The van der Waals surface area contributed by atoms with Crippen molar-refractivity contribution in [3.63, 3.8) is 0 Å². The number of piperazine rings is 1. The summed E-state index contributed by atoms with van der Waals surface area (Å²) in [6.07, 6.45) is 0. The summed E-state index contributed by atoms with van der Waals surface area (Å²) in [4.78, 5) is 14.2. The van der Waals surface area contributed by atoms with Gasteiger partial charge < -0.3 is 10.1 Å². The molecule has 1 heterocycles. The number of rotatable bonds is 7. The highest BCUT2D eigenvalue weighted by atomic mass is 35.5. The van der Waals surface area contributed by atoms with Gasteiger partial charge in [0.05, 0.1) is 11.4 Å². The molecule has 0 spiro atoms. The predicted octanol–water partition coefficient (Wildman–Crippen LogP) is 2.89. The van der Waals surface area contributed by atoms with E-state index in [1.165, 1.54) is 52.8 Å². The second kappa shape index (κ2) is 9.69. The first kappa shape index (κ1) is 22.4. The molecule has 0 radical (unpaired) electrons. The molecule has 30 heavy (non-hydrogen) atoms. The van der Waals surface area contributed by atoms with Gasteiger partial charge in [-0.1, -0.05) is 11.6 Å². The minimum atomic E-state index is -3.61. The lowest BCUT2D eigenvalue weighted by Crippen LogP contribution is -2.50. The fourth-order valence-electron chi connectivity index (χ4n) is 3.01. The van der Waals surface area contributed by atoms with Crippen LogP contribution in [0.2, 0.25) is 5.02 Å². The maximum atomic E-state index is 12.7. The first-order valence-electron chi connectivity index (χ1n) is 9.07. The number of benzene rings is 2. The van der Waals surface area contributed by atoms with Gasteiger partial charge in [-0.15, -0.1) is 0 Å². The zero-order valence-electron chi connectivity index (χ0n) is 15.8.